The van der Waals surface area contributed by atoms with Crippen LogP contribution in [0.5, 0.6) is 5.88 Å². The first-order chi connectivity index (χ1) is 8.47. The number of hydrogen-bond donors (Lipinski definition) is 1. The molecule has 4 nitrogen and oxygen atoms in total. The molecule has 1 saturated carbocycles. The van der Waals surface area contributed by atoms with Crippen molar-refractivity contribution in [1.29, 1.82) is 0 Å². The Balaban J connectivity index is 2.14. The molecule has 1 aromatic heterocycles. The zero-order valence-corrected chi connectivity index (χ0v) is 11.8. The Morgan fingerprint density at radius 1 is 1.28 bits per heavy atom. The van der Waals surface area contributed by atoms with Gasteiger partial charge in [-0.2, -0.15) is 4.98 Å². The van der Waals surface area contributed by atoms with Gasteiger partial charge in [-0.3, -0.25) is 0 Å². The summed E-state index contributed by atoms with van der Waals surface area (Å²) in [5, 5.41) is 3.47. The van der Waals surface area contributed by atoms with Crippen LogP contribution in [0, 0.1) is 6.92 Å². The lowest BCUT2D eigenvalue weighted by Crippen LogP contribution is -2.32. The van der Waals surface area contributed by atoms with Gasteiger partial charge in [0.2, 0.25) is 11.8 Å². The summed E-state index contributed by atoms with van der Waals surface area (Å²) in [7, 11) is 0. The zero-order valence-electron chi connectivity index (χ0n) is 11.8. The van der Waals surface area contributed by atoms with Crippen molar-refractivity contribution in [3.8, 4) is 5.88 Å². The van der Waals surface area contributed by atoms with Crippen LogP contribution in [0.4, 0.5) is 5.95 Å². The topological polar surface area (TPSA) is 47.0 Å². The molecule has 0 amide bonds. The largest absolute Gasteiger partial charge is 0.475 e. The van der Waals surface area contributed by atoms with E-state index in [1.165, 1.54) is 25.7 Å². The number of hydrogen-bond acceptors (Lipinski definition) is 4. The maximum atomic E-state index is 5.64. The van der Waals surface area contributed by atoms with Gasteiger partial charge < -0.3 is 10.1 Å². The van der Waals surface area contributed by atoms with E-state index in [0.717, 1.165) is 5.69 Å². The minimum atomic E-state index is 0.134. The quantitative estimate of drug-likeness (QED) is 0.889. The maximum Gasteiger partial charge on any atom is 0.226 e. The van der Waals surface area contributed by atoms with Crippen molar-refractivity contribution in [2.75, 3.05) is 5.32 Å². The van der Waals surface area contributed by atoms with Crippen LogP contribution < -0.4 is 10.1 Å². The molecule has 1 fully saturated rings. The molecule has 0 bridgehead atoms. The average Bonchev–Trinajstić information content (AvgIpc) is 2.62. The number of rotatable bonds is 4. The first-order valence-electron chi connectivity index (χ1n) is 6.77. The van der Waals surface area contributed by atoms with Crippen molar-refractivity contribution in [1.82, 2.24) is 9.97 Å². The van der Waals surface area contributed by atoms with Crippen LogP contribution in [0.15, 0.2) is 6.07 Å². The minimum absolute atomic E-state index is 0.134. The van der Waals surface area contributed by atoms with E-state index in [1.54, 1.807) is 0 Å². The molecule has 1 aliphatic rings. The lowest BCUT2D eigenvalue weighted by atomic mass is 10.0. The molecule has 1 heterocycles. The Morgan fingerprint density at radius 2 is 1.94 bits per heavy atom. The van der Waals surface area contributed by atoms with Gasteiger partial charge in [0.1, 0.15) is 0 Å². The van der Waals surface area contributed by atoms with Crippen molar-refractivity contribution in [3.63, 3.8) is 0 Å². The summed E-state index contributed by atoms with van der Waals surface area (Å²) in [6, 6.07) is 1.88. The standard InChI is InChI=1S/C14H23N3O/c1-10(2)18-12-9-11(3)15-13(16-12)17-14(4)7-5-6-8-14/h9-10H,5-8H2,1-4H3,(H,15,16,17). The van der Waals surface area contributed by atoms with Gasteiger partial charge in [-0.1, -0.05) is 12.8 Å². The molecular formula is C14H23N3O. The minimum Gasteiger partial charge on any atom is -0.475 e. The Morgan fingerprint density at radius 3 is 2.56 bits per heavy atom. The van der Waals surface area contributed by atoms with Crippen molar-refractivity contribution in [3.05, 3.63) is 11.8 Å². The summed E-state index contributed by atoms with van der Waals surface area (Å²) < 4.78 is 5.64. The molecule has 0 atom stereocenters. The number of aromatic nitrogens is 2. The molecule has 100 valence electrons. The predicted octanol–water partition coefficient (Wildman–Crippen LogP) is 3.32. The number of aryl methyl sites for hydroxylation is 1. The van der Waals surface area contributed by atoms with E-state index in [0.29, 0.717) is 11.8 Å². The SMILES string of the molecule is Cc1cc(OC(C)C)nc(NC2(C)CCCC2)n1. The molecule has 1 aliphatic carbocycles. The molecule has 1 N–H and O–H groups in total. The summed E-state index contributed by atoms with van der Waals surface area (Å²) in [5.41, 5.74) is 1.08. The molecule has 0 unspecified atom stereocenters. The molecule has 0 radical (unpaired) electrons. The summed E-state index contributed by atoms with van der Waals surface area (Å²) in [4.78, 5) is 8.89. The third kappa shape index (κ3) is 3.34. The van der Waals surface area contributed by atoms with Gasteiger partial charge in [0, 0.05) is 17.3 Å². The van der Waals surface area contributed by atoms with Crippen molar-refractivity contribution in [2.24, 2.45) is 0 Å². The van der Waals surface area contributed by atoms with E-state index in [1.807, 2.05) is 26.8 Å². The van der Waals surface area contributed by atoms with Crippen LogP contribution in [-0.2, 0) is 0 Å². The molecule has 1 aromatic rings. The van der Waals surface area contributed by atoms with Crippen molar-refractivity contribution < 1.29 is 4.74 Å². The van der Waals surface area contributed by atoms with Gasteiger partial charge in [-0.15, -0.1) is 0 Å². The highest BCUT2D eigenvalue weighted by atomic mass is 16.5. The fourth-order valence-electron chi connectivity index (χ4n) is 2.45. The zero-order chi connectivity index (χ0) is 13.2. The van der Waals surface area contributed by atoms with Gasteiger partial charge in [0.05, 0.1) is 6.10 Å². The first-order valence-corrected chi connectivity index (χ1v) is 6.77. The lowest BCUT2D eigenvalue weighted by molar-refractivity contribution is 0.232. The van der Waals surface area contributed by atoms with E-state index in [4.69, 9.17) is 4.74 Å². The predicted molar refractivity (Wildman–Crippen MR) is 73.0 cm³/mol. The van der Waals surface area contributed by atoms with Crippen LogP contribution in [0.1, 0.15) is 52.1 Å². The number of anilines is 1. The number of ether oxygens (including phenoxy) is 1. The molecule has 0 saturated heterocycles. The van der Waals surface area contributed by atoms with Gasteiger partial charge in [0.15, 0.2) is 0 Å². The average molecular weight is 249 g/mol. The van der Waals surface area contributed by atoms with Crippen LogP contribution in [0.2, 0.25) is 0 Å². The van der Waals surface area contributed by atoms with Crippen LogP contribution in [0.3, 0.4) is 0 Å². The second kappa shape index (κ2) is 5.12. The second-order valence-corrected chi connectivity index (χ2v) is 5.73. The highest BCUT2D eigenvalue weighted by Gasteiger charge is 2.29. The van der Waals surface area contributed by atoms with E-state index >= 15 is 0 Å². The second-order valence-electron chi connectivity index (χ2n) is 5.73. The highest BCUT2D eigenvalue weighted by molar-refractivity contribution is 5.34. The summed E-state index contributed by atoms with van der Waals surface area (Å²) in [6.45, 7) is 8.22. The van der Waals surface area contributed by atoms with E-state index < -0.39 is 0 Å². The Hall–Kier alpha value is -1.32. The fraction of sp³-hybridized carbons (Fsp3) is 0.714. The normalized spacial score (nSPS) is 18.1. The van der Waals surface area contributed by atoms with E-state index in [9.17, 15) is 0 Å². The molecule has 4 heteroatoms. The third-order valence-corrected chi connectivity index (χ3v) is 3.31. The molecule has 0 aliphatic heterocycles. The maximum absolute atomic E-state index is 5.64. The van der Waals surface area contributed by atoms with Gasteiger partial charge in [0.25, 0.3) is 0 Å². The summed E-state index contributed by atoms with van der Waals surface area (Å²) >= 11 is 0. The number of nitrogens with one attached hydrogen (secondary N) is 1. The molecule has 2 rings (SSSR count). The van der Waals surface area contributed by atoms with Gasteiger partial charge in [-0.25, -0.2) is 4.98 Å². The first kappa shape index (κ1) is 13.1. The molecular weight excluding hydrogens is 226 g/mol. The Bertz CT molecular complexity index is 412. The summed E-state index contributed by atoms with van der Waals surface area (Å²) in [6.07, 6.45) is 5.07. The highest BCUT2D eigenvalue weighted by Crippen LogP contribution is 2.32. The monoisotopic (exact) mass is 249 g/mol. The van der Waals surface area contributed by atoms with Crippen molar-refractivity contribution >= 4 is 5.95 Å². The number of nitrogens with zero attached hydrogens (tertiary/aromatic N) is 2. The van der Waals surface area contributed by atoms with E-state index in [2.05, 4.69) is 22.2 Å². The van der Waals surface area contributed by atoms with Crippen LogP contribution in [0.25, 0.3) is 0 Å². The lowest BCUT2D eigenvalue weighted by Gasteiger charge is -2.25. The molecule has 18 heavy (non-hydrogen) atoms. The van der Waals surface area contributed by atoms with Crippen molar-refractivity contribution in [2.45, 2.75) is 65.0 Å². The molecule has 0 spiro atoms. The van der Waals surface area contributed by atoms with Crippen LogP contribution >= 0.6 is 0 Å². The van der Waals surface area contributed by atoms with Gasteiger partial charge >= 0.3 is 0 Å². The third-order valence-electron chi connectivity index (χ3n) is 3.31. The van der Waals surface area contributed by atoms with Crippen LogP contribution in [-0.4, -0.2) is 21.6 Å². The Labute approximate surface area is 109 Å². The van der Waals surface area contributed by atoms with E-state index in [-0.39, 0.29) is 11.6 Å². The fourth-order valence-corrected chi connectivity index (χ4v) is 2.45. The molecule has 0 aromatic carbocycles. The Kier molecular flexibility index (Phi) is 3.73. The smallest absolute Gasteiger partial charge is 0.226 e. The van der Waals surface area contributed by atoms with Gasteiger partial charge in [-0.05, 0) is 40.5 Å². The summed E-state index contributed by atoms with van der Waals surface area (Å²) in [5.74, 6) is 1.34.